The summed E-state index contributed by atoms with van der Waals surface area (Å²) in [5.74, 6) is 3.05. The minimum atomic E-state index is 0.540. The van der Waals surface area contributed by atoms with E-state index in [1.54, 1.807) is 0 Å². The molecule has 1 saturated carbocycles. The maximum Gasteiger partial charge on any atom is 0.110 e. The summed E-state index contributed by atoms with van der Waals surface area (Å²) in [6, 6.07) is 7.80. The maximum absolute atomic E-state index is 8.91. The van der Waals surface area contributed by atoms with Gasteiger partial charge in [-0.2, -0.15) is 5.26 Å². The molecule has 0 radical (unpaired) electrons. The smallest absolute Gasteiger partial charge is 0.110 e. The van der Waals surface area contributed by atoms with E-state index in [9.17, 15) is 0 Å². The molecular weight excluding hydrogens is 222 g/mol. The zero-order chi connectivity index (χ0) is 12.1. The number of nitrogens with zero attached hydrogens (tertiary/aromatic N) is 2. The van der Waals surface area contributed by atoms with Crippen LogP contribution >= 0.6 is 0 Å². The van der Waals surface area contributed by atoms with Crippen molar-refractivity contribution in [1.29, 1.82) is 5.26 Å². The molecule has 0 saturated heterocycles. The summed E-state index contributed by atoms with van der Waals surface area (Å²) in [6.45, 7) is 0. The van der Waals surface area contributed by atoms with E-state index in [-0.39, 0.29) is 0 Å². The van der Waals surface area contributed by atoms with Crippen LogP contribution in [0.2, 0.25) is 0 Å². The Morgan fingerprint density at radius 3 is 2.94 bits per heavy atom. The van der Waals surface area contributed by atoms with Crippen LogP contribution < -0.4 is 0 Å². The summed E-state index contributed by atoms with van der Waals surface area (Å²) in [5, 5.41) is 8.91. The highest BCUT2D eigenvalue weighted by molar-refractivity contribution is 5.76. The molecule has 1 fully saturated rings. The van der Waals surface area contributed by atoms with Crippen LogP contribution in [0.25, 0.3) is 11.0 Å². The Balaban J connectivity index is 1.78. The van der Waals surface area contributed by atoms with Crippen LogP contribution in [0.3, 0.4) is 0 Å². The van der Waals surface area contributed by atoms with Gasteiger partial charge < -0.3 is 4.98 Å². The largest absolute Gasteiger partial charge is 0.342 e. The topological polar surface area (TPSA) is 52.5 Å². The Kier molecular flexibility index (Phi) is 1.90. The van der Waals surface area contributed by atoms with Gasteiger partial charge in [0.15, 0.2) is 0 Å². The van der Waals surface area contributed by atoms with Crippen LogP contribution in [0.4, 0.5) is 0 Å². The minimum absolute atomic E-state index is 0.540. The summed E-state index contributed by atoms with van der Waals surface area (Å²) in [7, 11) is 0. The number of hydrogen-bond donors (Lipinski definition) is 1. The summed E-state index contributed by atoms with van der Waals surface area (Å²) < 4.78 is 0. The number of aromatic amines is 1. The second-order valence-electron chi connectivity index (χ2n) is 5.35. The second-order valence-corrected chi connectivity index (χ2v) is 5.35. The van der Waals surface area contributed by atoms with Crippen molar-refractivity contribution in [3.63, 3.8) is 0 Å². The molecule has 18 heavy (non-hydrogen) atoms. The molecule has 0 spiro atoms. The fourth-order valence-electron chi connectivity index (χ4n) is 3.37. The lowest BCUT2D eigenvalue weighted by atomic mass is 9.93. The van der Waals surface area contributed by atoms with Gasteiger partial charge in [-0.15, -0.1) is 0 Å². The van der Waals surface area contributed by atoms with Gasteiger partial charge in [-0.3, -0.25) is 0 Å². The monoisotopic (exact) mass is 235 g/mol. The van der Waals surface area contributed by atoms with Crippen molar-refractivity contribution in [1.82, 2.24) is 9.97 Å². The predicted octanol–water partition coefficient (Wildman–Crippen LogP) is 3.11. The zero-order valence-corrected chi connectivity index (χ0v) is 9.93. The standard InChI is InChI=1S/C15H13N3/c16-8-10-2-4-13-14(7-10)18-15(17-13)12-6-9-1-3-11(12)5-9/h1-4,7,9,11-12H,5-6H2,(H,17,18)/t9-,11+,12?/m0/s1. The summed E-state index contributed by atoms with van der Waals surface area (Å²) in [5.41, 5.74) is 2.64. The van der Waals surface area contributed by atoms with E-state index < -0.39 is 0 Å². The van der Waals surface area contributed by atoms with Gasteiger partial charge in [0.05, 0.1) is 22.7 Å². The summed E-state index contributed by atoms with van der Waals surface area (Å²) in [6.07, 6.45) is 7.18. The molecule has 2 aliphatic carbocycles. The van der Waals surface area contributed by atoms with Gasteiger partial charge in [0.2, 0.25) is 0 Å². The molecule has 1 aromatic heterocycles. The van der Waals surface area contributed by atoms with Crippen molar-refractivity contribution in [3.05, 3.63) is 41.7 Å². The van der Waals surface area contributed by atoms with Crippen LogP contribution in [0, 0.1) is 23.2 Å². The minimum Gasteiger partial charge on any atom is -0.342 e. The molecule has 88 valence electrons. The molecule has 2 bridgehead atoms. The van der Waals surface area contributed by atoms with Gasteiger partial charge in [0.1, 0.15) is 5.82 Å². The molecule has 1 heterocycles. The van der Waals surface area contributed by atoms with Crippen LogP contribution in [-0.2, 0) is 0 Å². The lowest BCUT2D eigenvalue weighted by molar-refractivity contribution is 0.559. The molecule has 4 rings (SSSR count). The predicted molar refractivity (Wildman–Crippen MR) is 68.9 cm³/mol. The first-order valence-electron chi connectivity index (χ1n) is 6.41. The molecule has 0 amide bonds. The third-order valence-electron chi connectivity index (χ3n) is 4.26. The molecule has 1 N–H and O–H groups in total. The van der Waals surface area contributed by atoms with Crippen molar-refractivity contribution in [2.75, 3.05) is 0 Å². The first kappa shape index (κ1) is 9.90. The molecule has 2 aliphatic rings. The number of allylic oxidation sites excluding steroid dienone is 2. The van der Waals surface area contributed by atoms with Crippen LogP contribution in [-0.4, -0.2) is 9.97 Å². The third kappa shape index (κ3) is 1.32. The Bertz CT molecular complexity index is 689. The second kappa shape index (κ2) is 3.46. The van der Waals surface area contributed by atoms with Crippen molar-refractivity contribution < 1.29 is 0 Å². The molecule has 3 atom stereocenters. The van der Waals surface area contributed by atoms with Gasteiger partial charge in [-0.05, 0) is 42.9 Å². The van der Waals surface area contributed by atoms with Crippen molar-refractivity contribution >= 4 is 11.0 Å². The van der Waals surface area contributed by atoms with E-state index in [1.807, 2.05) is 18.2 Å². The fraction of sp³-hybridized carbons (Fsp3) is 0.333. The highest BCUT2D eigenvalue weighted by Gasteiger charge is 2.38. The Morgan fingerprint density at radius 2 is 2.22 bits per heavy atom. The molecule has 3 heteroatoms. The average molecular weight is 235 g/mol. The summed E-state index contributed by atoms with van der Waals surface area (Å²) >= 11 is 0. The molecule has 1 unspecified atom stereocenters. The van der Waals surface area contributed by atoms with Gasteiger partial charge >= 0.3 is 0 Å². The number of aromatic nitrogens is 2. The normalized spacial score (nSPS) is 28.9. The molecule has 2 aromatic rings. The van der Waals surface area contributed by atoms with Crippen molar-refractivity contribution in [3.8, 4) is 6.07 Å². The molecule has 0 aliphatic heterocycles. The van der Waals surface area contributed by atoms with Gasteiger partial charge in [-0.25, -0.2) is 4.98 Å². The number of fused-ring (bicyclic) bond motifs is 3. The van der Waals surface area contributed by atoms with E-state index in [1.165, 1.54) is 12.8 Å². The highest BCUT2D eigenvalue weighted by atomic mass is 14.9. The van der Waals surface area contributed by atoms with Gasteiger partial charge in [-0.1, -0.05) is 12.2 Å². The van der Waals surface area contributed by atoms with Crippen LogP contribution in [0.15, 0.2) is 30.4 Å². The number of benzene rings is 1. The van der Waals surface area contributed by atoms with E-state index in [0.717, 1.165) is 22.8 Å². The van der Waals surface area contributed by atoms with Crippen LogP contribution in [0.1, 0.15) is 30.1 Å². The zero-order valence-electron chi connectivity index (χ0n) is 9.93. The maximum atomic E-state index is 8.91. The van der Waals surface area contributed by atoms with Gasteiger partial charge in [0, 0.05) is 5.92 Å². The number of hydrogen-bond acceptors (Lipinski definition) is 2. The average Bonchev–Trinajstić information content (AvgIpc) is 3.11. The number of rotatable bonds is 1. The first-order valence-corrected chi connectivity index (χ1v) is 6.41. The Hall–Kier alpha value is -2.08. The quantitative estimate of drug-likeness (QED) is 0.772. The van der Waals surface area contributed by atoms with Crippen molar-refractivity contribution in [2.24, 2.45) is 11.8 Å². The summed E-state index contributed by atoms with van der Waals surface area (Å²) in [4.78, 5) is 8.09. The highest BCUT2D eigenvalue weighted by Crippen LogP contribution is 2.48. The molecule has 3 nitrogen and oxygen atoms in total. The van der Waals surface area contributed by atoms with Crippen molar-refractivity contribution in [2.45, 2.75) is 18.8 Å². The molecule has 1 aromatic carbocycles. The fourth-order valence-corrected chi connectivity index (χ4v) is 3.37. The number of nitrogens with one attached hydrogen (secondary N) is 1. The molecular formula is C15H13N3. The SMILES string of the molecule is N#Cc1ccc2nc(C3C[C@H]4C=C[C@@H]3C4)[nH]c2c1. The van der Waals surface area contributed by atoms with Gasteiger partial charge in [0.25, 0.3) is 0 Å². The third-order valence-corrected chi connectivity index (χ3v) is 4.26. The number of nitriles is 1. The van der Waals surface area contributed by atoms with E-state index in [4.69, 9.17) is 10.2 Å². The Morgan fingerprint density at radius 1 is 1.28 bits per heavy atom. The number of H-pyrrole nitrogens is 1. The lowest BCUT2D eigenvalue weighted by Gasteiger charge is -2.14. The number of imidazole rings is 1. The van der Waals surface area contributed by atoms with E-state index in [2.05, 4.69) is 23.2 Å². The first-order chi connectivity index (χ1) is 8.83. The van der Waals surface area contributed by atoms with Crippen LogP contribution in [0.5, 0.6) is 0 Å². The lowest BCUT2D eigenvalue weighted by Crippen LogP contribution is -2.06. The van der Waals surface area contributed by atoms with E-state index in [0.29, 0.717) is 17.4 Å². The Labute approximate surface area is 105 Å². The van der Waals surface area contributed by atoms with E-state index >= 15 is 0 Å².